The SMILES string of the molecule is CCN(CCC(=O)NC)CC(N)=S. The van der Waals surface area contributed by atoms with Gasteiger partial charge in [0.15, 0.2) is 0 Å². The van der Waals surface area contributed by atoms with E-state index < -0.39 is 0 Å². The van der Waals surface area contributed by atoms with Gasteiger partial charge in [0, 0.05) is 26.6 Å². The molecule has 0 saturated heterocycles. The predicted octanol–water partition coefficient (Wildman–Crippen LogP) is -0.269. The van der Waals surface area contributed by atoms with E-state index in [0.717, 1.165) is 6.54 Å². The fourth-order valence-electron chi connectivity index (χ4n) is 0.954. The fraction of sp³-hybridized carbons (Fsp3) is 0.750. The van der Waals surface area contributed by atoms with Gasteiger partial charge in [-0.2, -0.15) is 0 Å². The van der Waals surface area contributed by atoms with E-state index in [1.807, 2.05) is 11.8 Å². The third-order valence-corrected chi connectivity index (χ3v) is 1.89. The Labute approximate surface area is 84.5 Å². The first-order valence-electron chi connectivity index (χ1n) is 4.31. The Kier molecular flexibility index (Phi) is 6.44. The Hall–Kier alpha value is -0.680. The van der Waals surface area contributed by atoms with E-state index in [1.165, 1.54) is 0 Å². The van der Waals surface area contributed by atoms with Gasteiger partial charge in [-0.3, -0.25) is 9.69 Å². The van der Waals surface area contributed by atoms with Crippen molar-refractivity contribution in [2.75, 3.05) is 26.7 Å². The van der Waals surface area contributed by atoms with Crippen LogP contribution in [-0.2, 0) is 4.79 Å². The van der Waals surface area contributed by atoms with E-state index in [-0.39, 0.29) is 5.91 Å². The number of carbonyl (C=O) groups is 1. The number of hydrogen-bond acceptors (Lipinski definition) is 3. The molecule has 76 valence electrons. The number of carbonyl (C=O) groups excluding carboxylic acids is 1. The van der Waals surface area contributed by atoms with Crippen LogP contribution in [0.5, 0.6) is 0 Å². The zero-order valence-electron chi connectivity index (χ0n) is 8.17. The first-order chi connectivity index (χ1) is 6.10. The van der Waals surface area contributed by atoms with Gasteiger partial charge in [-0.15, -0.1) is 0 Å². The fourth-order valence-corrected chi connectivity index (χ4v) is 1.14. The molecule has 5 heteroatoms. The molecule has 0 aliphatic carbocycles. The Morgan fingerprint density at radius 2 is 2.23 bits per heavy atom. The van der Waals surface area contributed by atoms with E-state index in [4.69, 9.17) is 18.0 Å². The lowest BCUT2D eigenvalue weighted by molar-refractivity contribution is -0.120. The Balaban J connectivity index is 3.71. The van der Waals surface area contributed by atoms with Crippen molar-refractivity contribution in [2.24, 2.45) is 5.73 Å². The van der Waals surface area contributed by atoms with Crippen molar-refractivity contribution in [1.82, 2.24) is 10.2 Å². The van der Waals surface area contributed by atoms with E-state index >= 15 is 0 Å². The number of nitrogens with two attached hydrogens (primary N) is 1. The first kappa shape index (κ1) is 12.3. The van der Waals surface area contributed by atoms with Gasteiger partial charge in [-0.25, -0.2) is 0 Å². The molecule has 0 spiro atoms. The summed E-state index contributed by atoms with van der Waals surface area (Å²) in [4.78, 5) is 13.4. The highest BCUT2D eigenvalue weighted by atomic mass is 32.1. The third-order valence-electron chi connectivity index (χ3n) is 1.76. The quantitative estimate of drug-likeness (QED) is 0.584. The summed E-state index contributed by atoms with van der Waals surface area (Å²) in [5, 5.41) is 2.57. The molecule has 0 aromatic rings. The molecule has 0 radical (unpaired) electrons. The van der Waals surface area contributed by atoms with Crippen LogP contribution in [0.3, 0.4) is 0 Å². The zero-order valence-corrected chi connectivity index (χ0v) is 8.99. The molecule has 13 heavy (non-hydrogen) atoms. The lowest BCUT2D eigenvalue weighted by atomic mass is 10.3. The summed E-state index contributed by atoms with van der Waals surface area (Å²) in [5.41, 5.74) is 5.40. The van der Waals surface area contributed by atoms with Gasteiger partial charge in [0.25, 0.3) is 0 Å². The minimum absolute atomic E-state index is 0.0430. The maximum atomic E-state index is 10.9. The van der Waals surface area contributed by atoms with Crippen molar-refractivity contribution in [3.8, 4) is 0 Å². The molecule has 0 fully saturated rings. The summed E-state index contributed by atoms with van der Waals surface area (Å²) >= 11 is 4.78. The Morgan fingerprint density at radius 1 is 1.62 bits per heavy atom. The number of hydrogen-bond donors (Lipinski definition) is 2. The van der Waals surface area contributed by atoms with Crippen LogP contribution < -0.4 is 11.1 Å². The topological polar surface area (TPSA) is 58.4 Å². The van der Waals surface area contributed by atoms with Crippen LogP contribution in [0.25, 0.3) is 0 Å². The molecule has 0 saturated carbocycles. The van der Waals surface area contributed by atoms with Crippen LogP contribution >= 0.6 is 12.2 Å². The van der Waals surface area contributed by atoms with Crippen molar-refractivity contribution in [2.45, 2.75) is 13.3 Å². The van der Waals surface area contributed by atoms with Crippen LogP contribution in [-0.4, -0.2) is 42.5 Å². The number of nitrogens with one attached hydrogen (secondary N) is 1. The molecule has 0 aromatic heterocycles. The Bertz CT molecular complexity index is 184. The smallest absolute Gasteiger partial charge is 0.221 e. The van der Waals surface area contributed by atoms with Crippen LogP contribution in [0.2, 0.25) is 0 Å². The van der Waals surface area contributed by atoms with Crippen molar-refractivity contribution >= 4 is 23.1 Å². The van der Waals surface area contributed by atoms with Gasteiger partial charge in [-0.05, 0) is 6.54 Å². The molecule has 0 unspecified atom stereocenters. The molecule has 0 heterocycles. The summed E-state index contributed by atoms with van der Waals surface area (Å²) in [5.74, 6) is 0.0430. The molecule has 0 atom stereocenters. The number of nitrogens with zero attached hydrogens (tertiary/aromatic N) is 1. The standard InChI is InChI=1S/C8H17N3OS/c1-3-11(6-7(9)13)5-4-8(12)10-2/h3-6H2,1-2H3,(H2,9,13)(H,10,12). The molecule has 3 N–H and O–H groups in total. The average molecular weight is 203 g/mol. The van der Waals surface area contributed by atoms with Gasteiger partial charge in [0.1, 0.15) is 0 Å². The highest BCUT2D eigenvalue weighted by molar-refractivity contribution is 7.80. The van der Waals surface area contributed by atoms with Crippen molar-refractivity contribution in [1.29, 1.82) is 0 Å². The molecular formula is C8H17N3OS. The molecule has 0 bridgehead atoms. The molecule has 0 aliphatic heterocycles. The number of amides is 1. The molecule has 4 nitrogen and oxygen atoms in total. The summed E-state index contributed by atoms with van der Waals surface area (Å²) in [6, 6.07) is 0. The van der Waals surface area contributed by atoms with E-state index in [0.29, 0.717) is 24.5 Å². The number of rotatable bonds is 6. The Morgan fingerprint density at radius 3 is 2.62 bits per heavy atom. The van der Waals surface area contributed by atoms with Gasteiger partial charge < -0.3 is 11.1 Å². The average Bonchev–Trinajstić information content (AvgIpc) is 2.10. The first-order valence-corrected chi connectivity index (χ1v) is 4.72. The summed E-state index contributed by atoms with van der Waals surface area (Å²) in [6.45, 7) is 4.16. The summed E-state index contributed by atoms with van der Waals surface area (Å²) in [6.07, 6.45) is 0.493. The number of thiocarbonyl (C=S) groups is 1. The van der Waals surface area contributed by atoms with E-state index in [9.17, 15) is 4.79 Å². The van der Waals surface area contributed by atoms with Crippen LogP contribution in [0.15, 0.2) is 0 Å². The molecule has 0 aromatic carbocycles. The second kappa shape index (κ2) is 6.80. The molecular weight excluding hydrogens is 186 g/mol. The van der Waals surface area contributed by atoms with Crippen LogP contribution in [0.1, 0.15) is 13.3 Å². The lowest BCUT2D eigenvalue weighted by Crippen LogP contribution is -2.35. The van der Waals surface area contributed by atoms with Crippen molar-refractivity contribution in [3.05, 3.63) is 0 Å². The normalized spacial score (nSPS) is 10.1. The predicted molar refractivity (Wildman–Crippen MR) is 57.6 cm³/mol. The third kappa shape index (κ3) is 6.48. The second-order valence-electron chi connectivity index (χ2n) is 2.76. The van der Waals surface area contributed by atoms with Gasteiger partial charge in [0.2, 0.25) is 5.91 Å². The second-order valence-corrected chi connectivity index (χ2v) is 3.28. The molecule has 0 rings (SSSR count). The maximum absolute atomic E-state index is 10.9. The van der Waals surface area contributed by atoms with Gasteiger partial charge in [-0.1, -0.05) is 19.1 Å². The largest absolute Gasteiger partial charge is 0.392 e. The minimum Gasteiger partial charge on any atom is -0.392 e. The van der Waals surface area contributed by atoms with Crippen LogP contribution in [0, 0.1) is 0 Å². The van der Waals surface area contributed by atoms with Crippen LogP contribution in [0.4, 0.5) is 0 Å². The van der Waals surface area contributed by atoms with Gasteiger partial charge >= 0.3 is 0 Å². The van der Waals surface area contributed by atoms with E-state index in [1.54, 1.807) is 7.05 Å². The highest BCUT2D eigenvalue weighted by Gasteiger charge is 2.05. The van der Waals surface area contributed by atoms with E-state index in [2.05, 4.69) is 5.32 Å². The highest BCUT2D eigenvalue weighted by Crippen LogP contribution is 1.91. The minimum atomic E-state index is 0.0430. The van der Waals surface area contributed by atoms with Gasteiger partial charge in [0.05, 0.1) is 4.99 Å². The lowest BCUT2D eigenvalue weighted by Gasteiger charge is -2.18. The maximum Gasteiger partial charge on any atom is 0.221 e. The van der Waals surface area contributed by atoms with Crippen molar-refractivity contribution in [3.63, 3.8) is 0 Å². The summed E-state index contributed by atoms with van der Waals surface area (Å²) < 4.78 is 0. The number of likely N-dealkylation sites (N-methyl/N-ethyl adjacent to an activating group) is 1. The molecule has 0 aliphatic rings. The monoisotopic (exact) mass is 203 g/mol. The van der Waals surface area contributed by atoms with Crippen molar-refractivity contribution < 1.29 is 4.79 Å². The molecule has 1 amide bonds. The summed E-state index contributed by atoms with van der Waals surface area (Å²) in [7, 11) is 1.63. The zero-order chi connectivity index (χ0) is 10.3.